The predicted molar refractivity (Wildman–Crippen MR) is 93.2 cm³/mol. The molecule has 0 aromatic heterocycles. The molecule has 3 heteroatoms. The SMILES string of the molecule is CCCOc1ccc(C(=O)C=Cc2cc(C)c(O)c(C)c2)cc1. The Morgan fingerprint density at radius 2 is 1.74 bits per heavy atom. The number of carbonyl (C=O) groups excluding carboxylic acids is 1. The Balaban J connectivity index is 2.09. The van der Waals surface area contributed by atoms with Gasteiger partial charge < -0.3 is 9.84 Å². The number of phenolic OH excluding ortho intramolecular Hbond substituents is 1. The molecule has 0 fully saturated rings. The molecule has 0 aliphatic carbocycles. The van der Waals surface area contributed by atoms with Crippen LogP contribution in [0.15, 0.2) is 42.5 Å². The zero-order chi connectivity index (χ0) is 16.8. The molecule has 23 heavy (non-hydrogen) atoms. The highest BCUT2D eigenvalue weighted by Crippen LogP contribution is 2.23. The lowest BCUT2D eigenvalue weighted by Crippen LogP contribution is -1.97. The summed E-state index contributed by atoms with van der Waals surface area (Å²) in [6.07, 6.45) is 4.27. The van der Waals surface area contributed by atoms with Crippen LogP contribution in [0.5, 0.6) is 11.5 Å². The van der Waals surface area contributed by atoms with E-state index < -0.39 is 0 Å². The van der Waals surface area contributed by atoms with E-state index in [9.17, 15) is 9.90 Å². The van der Waals surface area contributed by atoms with Crippen molar-refractivity contribution >= 4 is 11.9 Å². The molecule has 120 valence electrons. The van der Waals surface area contributed by atoms with Gasteiger partial charge in [-0.3, -0.25) is 4.79 Å². The molecular formula is C20H22O3. The van der Waals surface area contributed by atoms with E-state index >= 15 is 0 Å². The van der Waals surface area contributed by atoms with Crippen LogP contribution in [0, 0.1) is 13.8 Å². The third kappa shape index (κ3) is 4.46. The minimum Gasteiger partial charge on any atom is -0.507 e. The summed E-state index contributed by atoms with van der Waals surface area (Å²) in [4.78, 5) is 12.2. The van der Waals surface area contributed by atoms with Crippen LogP contribution in [0.3, 0.4) is 0 Å². The highest BCUT2D eigenvalue weighted by atomic mass is 16.5. The van der Waals surface area contributed by atoms with E-state index in [-0.39, 0.29) is 5.78 Å². The Kier molecular flexibility index (Phi) is 5.58. The zero-order valence-corrected chi connectivity index (χ0v) is 13.8. The van der Waals surface area contributed by atoms with Crippen molar-refractivity contribution < 1.29 is 14.6 Å². The summed E-state index contributed by atoms with van der Waals surface area (Å²) in [6.45, 7) is 6.41. The number of benzene rings is 2. The molecule has 0 spiro atoms. The van der Waals surface area contributed by atoms with Crippen molar-refractivity contribution in [2.45, 2.75) is 27.2 Å². The van der Waals surface area contributed by atoms with Crippen molar-refractivity contribution in [3.8, 4) is 11.5 Å². The smallest absolute Gasteiger partial charge is 0.185 e. The number of carbonyl (C=O) groups is 1. The topological polar surface area (TPSA) is 46.5 Å². The standard InChI is InChI=1S/C20H22O3/c1-4-11-23-18-8-6-17(7-9-18)19(21)10-5-16-12-14(2)20(22)15(3)13-16/h5-10,12-13,22H,4,11H2,1-3H3. The van der Waals surface area contributed by atoms with Gasteiger partial charge in [0.05, 0.1) is 6.61 Å². The molecule has 0 unspecified atom stereocenters. The molecule has 0 saturated heterocycles. The fourth-order valence-corrected chi connectivity index (χ4v) is 2.29. The predicted octanol–water partition coefficient (Wildman–Crippen LogP) is 4.69. The number of aryl methyl sites for hydroxylation is 2. The Bertz CT molecular complexity index is 689. The third-order valence-corrected chi connectivity index (χ3v) is 3.55. The molecule has 0 amide bonds. The average molecular weight is 310 g/mol. The van der Waals surface area contributed by atoms with Crippen LogP contribution in [0.4, 0.5) is 0 Å². The number of ketones is 1. The van der Waals surface area contributed by atoms with Gasteiger partial charge in [0.25, 0.3) is 0 Å². The number of hydrogen-bond acceptors (Lipinski definition) is 3. The van der Waals surface area contributed by atoms with Crippen LogP contribution < -0.4 is 4.74 Å². The van der Waals surface area contributed by atoms with Crippen LogP contribution in [0.1, 0.15) is 40.4 Å². The van der Waals surface area contributed by atoms with E-state index in [1.165, 1.54) is 0 Å². The summed E-state index contributed by atoms with van der Waals surface area (Å²) in [5.41, 5.74) is 3.12. The summed E-state index contributed by atoms with van der Waals surface area (Å²) in [5.74, 6) is 1.02. The minimum absolute atomic E-state index is 0.0598. The van der Waals surface area contributed by atoms with Crippen molar-refractivity contribution in [1.29, 1.82) is 0 Å². The molecule has 0 heterocycles. The van der Waals surface area contributed by atoms with Gasteiger partial charge in [-0.25, -0.2) is 0 Å². The summed E-state index contributed by atoms with van der Waals surface area (Å²) >= 11 is 0. The number of hydrogen-bond donors (Lipinski definition) is 1. The first kappa shape index (κ1) is 16.8. The second-order valence-electron chi connectivity index (χ2n) is 5.57. The quantitative estimate of drug-likeness (QED) is 0.621. The van der Waals surface area contributed by atoms with Crippen LogP contribution in [-0.2, 0) is 0 Å². The summed E-state index contributed by atoms with van der Waals surface area (Å²) < 4.78 is 5.50. The molecule has 0 radical (unpaired) electrons. The number of allylic oxidation sites excluding steroid dienone is 1. The molecule has 2 aromatic rings. The van der Waals surface area contributed by atoms with Crippen molar-refractivity contribution in [1.82, 2.24) is 0 Å². The lowest BCUT2D eigenvalue weighted by Gasteiger charge is -2.05. The van der Waals surface area contributed by atoms with Gasteiger partial charge in [-0.05, 0) is 79.4 Å². The molecule has 0 atom stereocenters. The summed E-state index contributed by atoms with van der Waals surface area (Å²) in [5, 5.41) is 9.77. The van der Waals surface area contributed by atoms with E-state index in [0.29, 0.717) is 17.9 Å². The lowest BCUT2D eigenvalue weighted by atomic mass is 10.0. The first-order valence-corrected chi connectivity index (χ1v) is 7.76. The molecule has 0 aliphatic rings. The Hall–Kier alpha value is -2.55. The van der Waals surface area contributed by atoms with Gasteiger partial charge in [0.2, 0.25) is 0 Å². The molecule has 0 aliphatic heterocycles. The van der Waals surface area contributed by atoms with E-state index in [1.807, 2.05) is 38.1 Å². The maximum absolute atomic E-state index is 12.2. The van der Waals surface area contributed by atoms with E-state index in [2.05, 4.69) is 6.92 Å². The van der Waals surface area contributed by atoms with Crippen LogP contribution in [0.2, 0.25) is 0 Å². The maximum atomic E-state index is 12.2. The molecule has 3 nitrogen and oxygen atoms in total. The number of ether oxygens (including phenoxy) is 1. The second-order valence-corrected chi connectivity index (χ2v) is 5.57. The number of phenols is 1. The summed E-state index contributed by atoms with van der Waals surface area (Å²) in [6, 6.07) is 10.9. The van der Waals surface area contributed by atoms with Gasteiger partial charge in [-0.2, -0.15) is 0 Å². The Morgan fingerprint density at radius 1 is 1.13 bits per heavy atom. The van der Waals surface area contributed by atoms with Crippen molar-refractivity contribution in [3.05, 3.63) is 64.7 Å². The molecule has 2 rings (SSSR count). The van der Waals surface area contributed by atoms with Gasteiger partial charge in [-0.15, -0.1) is 0 Å². The normalized spacial score (nSPS) is 10.9. The van der Waals surface area contributed by atoms with Gasteiger partial charge >= 0.3 is 0 Å². The van der Waals surface area contributed by atoms with E-state index in [1.54, 1.807) is 24.3 Å². The Labute approximate surface area is 137 Å². The van der Waals surface area contributed by atoms with Crippen molar-refractivity contribution in [2.75, 3.05) is 6.61 Å². The second kappa shape index (κ2) is 7.63. The van der Waals surface area contributed by atoms with E-state index in [4.69, 9.17) is 4.74 Å². The van der Waals surface area contributed by atoms with Crippen LogP contribution in [-0.4, -0.2) is 17.5 Å². The van der Waals surface area contributed by atoms with Crippen molar-refractivity contribution in [2.24, 2.45) is 0 Å². The number of rotatable bonds is 6. The largest absolute Gasteiger partial charge is 0.507 e. The third-order valence-electron chi connectivity index (χ3n) is 3.55. The van der Waals surface area contributed by atoms with Crippen LogP contribution >= 0.6 is 0 Å². The van der Waals surface area contributed by atoms with Crippen molar-refractivity contribution in [3.63, 3.8) is 0 Å². The average Bonchev–Trinajstić information content (AvgIpc) is 2.56. The molecule has 0 saturated carbocycles. The van der Waals surface area contributed by atoms with Gasteiger partial charge in [0.15, 0.2) is 5.78 Å². The monoisotopic (exact) mass is 310 g/mol. The number of aromatic hydroxyl groups is 1. The Morgan fingerprint density at radius 3 is 2.30 bits per heavy atom. The highest BCUT2D eigenvalue weighted by molar-refractivity contribution is 6.06. The zero-order valence-electron chi connectivity index (χ0n) is 13.8. The van der Waals surface area contributed by atoms with Gasteiger partial charge in [0.1, 0.15) is 11.5 Å². The first-order chi connectivity index (χ1) is 11.0. The molecule has 1 N–H and O–H groups in total. The van der Waals surface area contributed by atoms with Gasteiger partial charge in [-0.1, -0.05) is 13.0 Å². The molecule has 0 bridgehead atoms. The lowest BCUT2D eigenvalue weighted by molar-refractivity contribution is 0.104. The summed E-state index contributed by atoms with van der Waals surface area (Å²) in [7, 11) is 0. The fraction of sp³-hybridized carbons (Fsp3) is 0.250. The maximum Gasteiger partial charge on any atom is 0.185 e. The van der Waals surface area contributed by atoms with Gasteiger partial charge in [0, 0.05) is 5.56 Å². The van der Waals surface area contributed by atoms with E-state index in [0.717, 1.165) is 28.9 Å². The molecule has 2 aromatic carbocycles. The first-order valence-electron chi connectivity index (χ1n) is 7.76. The highest BCUT2D eigenvalue weighted by Gasteiger charge is 2.04. The molecular weight excluding hydrogens is 288 g/mol. The van der Waals surface area contributed by atoms with Crippen LogP contribution in [0.25, 0.3) is 6.08 Å². The fourth-order valence-electron chi connectivity index (χ4n) is 2.29. The minimum atomic E-state index is -0.0598.